The molecule has 118 valence electrons. The van der Waals surface area contributed by atoms with Gasteiger partial charge in [-0.2, -0.15) is 11.8 Å². The van der Waals surface area contributed by atoms with Crippen LogP contribution in [0.1, 0.15) is 6.42 Å². The van der Waals surface area contributed by atoms with E-state index in [9.17, 15) is 21.2 Å². The number of sulfonamides is 1. The van der Waals surface area contributed by atoms with Gasteiger partial charge in [-0.3, -0.25) is 0 Å². The van der Waals surface area contributed by atoms with E-state index in [0.29, 0.717) is 0 Å². The summed E-state index contributed by atoms with van der Waals surface area (Å²) in [7, 11) is -7.66. The highest BCUT2D eigenvalue weighted by molar-refractivity contribution is 7.99. The van der Waals surface area contributed by atoms with Crippen molar-refractivity contribution < 1.29 is 21.2 Å². The number of benzene rings is 1. The first-order chi connectivity index (χ1) is 9.70. The van der Waals surface area contributed by atoms with E-state index >= 15 is 0 Å². The molecule has 0 amide bonds. The Kier molecular flexibility index (Phi) is 4.96. The number of thioether (sulfide) groups is 1. The summed E-state index contributed by atoms with van der Waals surface area (Å²) in [6, 6.07) is 2.77. The summed E-state index contributed by atoms with van der Waals surface area (Å²) in [5, 5.41) is 0. The van der Waals surface area contributed by atoms with Crippen LogP contribution in [0, 0.1) is 11.7 Å². The maximum Gasteiger partial charge on any atom is 0.243 e. The predicted molar refractivity (Wildman–Crippen MR) is 80.1 cm³/mol. The van der Waals surface area contributed by atoms with E-state index in [1.165, 1.54) is 0 Å². The smallest absolute Gasteiger partial charge is 0.224 e. The molecular weight excluding hydrogens is 337 g/mol. The minimum Gasteiger partial charge on any atom is -0.224 e. The fourth-order valence-electron chi connectivity index (χ4n) is 1.97. The molecule has 1 aromatic carbocycles. The topological polar surface area (TPSA) is 80.3 Å². The molecule has 0 saturated carbocycles. The molecule has 2 rings (SSSR count). The molecule has 9 heteroatoms. The Morgan fingerprint density at radius 1 is 1.33 bits per heavy atom. The minimum atomic E-state index is -4.06. The number of hydrogen-bond donors (Lipinski definition) is 1. The third kappa shape index (κ3) is 4.18. The molecule has 5 nitrogen and oxygen atoms in total. The van der Waals surface area contributed by atoms with Gasteiger partial charge in [0, 0.05) is 12.8 Å². The second-order valence-corrected chi connectivity index (χ2v) is 9.85. The van der Waals surface area contributed by atoms with Gasteiger partial charge in [0.25, 0.3) is 0 Å². The lowest BCUT2D eigenvalue weighted by Crippen LogP contribution is -2.30. The standard InChI is InChI=1S/C12H16FNO4S3/c1-20(15,16)10-2-3-11(13)12(6-10)21(17,18)14-7-9-4-5-19-8-9/h2-3,6,9,14H,4-5,7-8H2,1H3. The maximum atomic E-state index is 13.7. The highest BCUT2D eigenvalue weighted by Crippen LogP contribution is 2.24. The van der Waals surface area contributed by atoms with Crippen molar-refractivity contribution in [2.24, 2.45) is 5.92 Å². The Hall–Kier alpha value is -0.640. The van der Waals surface area contributed by atoms with Gasteiger partial charge in [0.2, 0.25) is 10.0 Å². The van der Waals surface area contributed by atoms with Crippen molar-refractivity contribution in [3.05, 3.63) is 24.0 Å². The van der Waals surface area contributed by atoms with Crippen LogP contribution in [0.3, 0.4) is 0 Å². The van der Waals surface area contributed by atoms with Crippen LogP contribution in [0.2, 0.25) is 0 Å². The Morgan fingerprint density at radius 2 is 2.05 bits per heavy atom. The number of hydrogen-bond acceptors (Lipinski definition) is 5. The number of sulfone groups is 1. The molecule has 0 radical (unpaired) electrons. The fraction of sp³-hybridized carbons (Fsp3) is 0.500. The Balaban J connectivity index is 2.26. The van der Waals surface area contributed by atoms with Gasteiger partial charge in [-0.1, -0.05) is 0 Å². The van der Waals surface area contributed by atoms with E-state index < -0.39 is 30.6 Å². The second kappa shape index (κ2) is 6.23. The first kappa shape index (κ1) is 16.7. The van der Waals surface area contributed by atoms with E-state index in [1.807, 2.05) is 0 Å². The molecule has 1 atom stereocenters. The van der Waals surface area contributed by atoms with Gasteiger partial charge in [0.1, 0.15) is 10.7 Å². The molecule has 1 unspecified atom stereocenters. The first-order valence-electron chi connectivity index (χ1n) is 6.27. The fourth-order valence-corrected chi connectivity index (χ4v) is 5.19. The lowest BCUT2D eigenvalue weighted by atomic mass is 10.1. The molecule has 0 spiro atoms. The predicted octanol–water partition coefficient (Wildman–Crippen LogP) is 1.26. The summed E-state index contributed by atoms with van der Waals surface area (Å²) in [6.45, 7) is 0.234. The normalized spacial score (nSPS) is 19.8. The molecule has 0 bridgehead atoms. The first-order valence-corrected chi connectivity index (χ1v) is 10.8. The van der Waals surface area contributed by atoms with Crippen LogP contribution >= 0.6 is 11.8 Å². The van der Waals surface area contributed by atoms with E-state index in [0.717, 1.165) is 42.4 Å². The Morgan fingerprint density at radius 3 is 2.62 bits per heavy atom. The summed E-state index contributed by atoms with van der Waals surface area (Å²) in [5.74, 6) is 1.13. The van der Waals surface area contributed by atoms with Crippen molar-refractivity contribution >= 4 is 31.6 Å². The molecule has 0 aromatic heterocycles. The Labute approximate surface area is 128 Å². The lowest BCUT2D eigenvalue weighted by Gasteiger charge is -2.12. The van der Waals surface area contributed by atoms with E-state index in [-0.39, 0.29) is 17.4 Å². The van der Waals surface area contributed by atoms with Crippen LogP contribution in [0.5, 0.6) is 0 Å². The molecular formula is C12H16FNO4S3. The zero-order valence-electron chi connectivity index (χ0n) is 11.4. The molecule has 21 heavy (non-hydrogen) atoms. The number of rotatable bonds is 5. The van der Waals surface area contributed by atoms with Crippen molar-refractivity contribution in [2.75, 3.05) is 24.3 Å². The molecule has 0 aliphatic carbocycles. The van der Waals surface area contributed by atoms with Crippen molar-refractivity contribution in [1.29, 1.82) is 0 Å². The lowest BCUT2D eigenvalue weighted by molar-refractivity contribution is 0.533. The number of halogens is 1. The number of nitrogens with one attached hydrogen (secondary N) is 1. The minimum absolute atomic E-state index is 0.222. The largest absolute Gasteiger partial charge is 0.243 e. The highest BCUT2D eigenvalue weighted by atomic mass is 32.2. The van der Waals surface area contributed by atoms with E-state index in [2.05, 4.69) is 4.72 Å². The molecule has 1 aromatic rings. The van der Waals surface area contributed by atoms with Gasteiger partial charge in [0.05, 0.1) is 4.90 Å². The quantitative estimate of drug-likeness (QED) is 0.806. The summed E-state index contributed by atoms with van der Waals surface area (Å²) in [4.78, 5) is -0.850. The highest BCUT2D eigenvalue weighted by Gasteiger charge is 2.24. The van der Waals surface area contributed by atoms with Crippen molar-refractivity contribution in [1.82, 2.24) is 4.72 Å². The van der Waals surface area contributed by atoms with Crippen LogP contribution in [0.4, 0.5) is 4.39 Å². The molecule has 1 aliphatic heterocycles. The van der Waals surface area contributed by atoms with Crippen molar-refractivity contribution in [3.8, 4) is 0 Å². The summed E-state index contributed by atoms with van der Waals surface area (Å²) in [6.07, 6.45) is 1.86. The Bertz CT molecular complexity index is 725. The van der Waals surface area contributed by atoms with Gasteiger partial charge in [-0.15, -0.1) is 0 Å². The summed E-state index contributed by atoms with van der Waals surface area (Å²) >= 11 is 1.75. The van der Waals surface area contributed by atoms with Gasteiger partial charge in [0.15, 0.2) is 9.84 Å². The molecule has 1 N–H and O–H groups in total. The van der Waals surface area contributed by atoms with Crippen molar-refractivity contribution in [3.63, 3.8) is 0 Å². The van der Waals surface area contributed by atoms with Crippen LogP contribution in [0.25, 0.3) is 0 Å². The summed E-state index contributed by atoms with van der Waals surface area (Å²) in [5.41, 5.74) is 0. The zero-order chi connectivity index (χ0) is 15.7. The molecule has 1 aliphatic rings. The summed E-state index contributed by atoms with van der Waals surface area (Å²) < 4.78 is 63.3. The molecule has 1 saturated heterocycles. The van der Waals surface area contributed by atoms with Crippen LogP contribution in [0.15, 0.2) is 28.0 Å². The second-order valence-electron chi connectivity index (χ2n) is 4.95. The van der Waals surface area contributed by atoms with Crippen LogP contribution in [-0.2, 0) is 19.9 Å². The van der Waals surface area contributed by atoms with Crippen LogP contribution < -0.4 is 4.72 Å². The van der Waals surface area contributed by atoms with E-state index in [4.69, 9.17) is 0 Å². The monoisotopic (exact) mass is 353 g/mol. The zero-order valence-corrected chi connectivity index (χ0v) is 13.8. The van der Waals surface area contributed by atoms with Crippen molar-refractivity contribution in [2.45, 2.75) is 16.2 Å². The average Bonchev–Trinajstić information content (AvgIpc) is 2.88. The maximum absolute atomic E-state index is 13.7. The van der Waals surface area contributed by atoms with Gasteiger partial charge < -0.3 is 0 Å². The SMILES string of the molecule is CS(=O)(=O)c1ccc(F)c(S(=O)(=O)NCC2CCSC2)c1. The molecule has 1 fully saturated rings. The van der Waals surface area contributed by atoms with Crippen LogP contribution in [-0.4, -0.2) is 41.1 Å². The van der Waals surface area contributed by atoms with Gasteiger partial charge in [-0.25, -0.2) is 25.9 Å². The van der Waals surface area contributed by atoms with E-state index in [1.54, 1.807) is 11.8 Å². The third-order valence-corrected chi connectivity index (χ3v) is 6.99. The van der Waals surface area contributed by atoms with Gasteiger partial charge >= 0.3 is 0 Å². The third-order valence-electron chi connectivity index (χ3n) is 3.21. The average molecular weight is 353 g/mol. The molecule has 1 heterocycles. The van der Waals surface area contributed by atoms with Gasteiger partial charge in [-0.05, 0) is 42.0 Å².